The summed E-state index contributed by atoms with van der Waals surface area (Å²) in [6.07, 6.45) is 5.26. The number of aromatic nitrogens is 2. The fraction of sp³-hybridized carbons (Fsp3) is 0.400. The molecule has 0 radical (unpaired) electrons. The molecule has 1 amide bonds. The minimum absolute atomic E-state index is 0.133. The molecule has 1 aromatic heterocycles. The molecule has 2 heterocycles. The van der Waals surface area contributed by atoms with E-state index in [-0.39, 0.29) is 5.91 Å². The summed E-state index contributed by atoms with van der Waals surface area (Å²) in [5, 5.41) is 9.46. The number of benzene rings is 1. The Bertz CT molecular complexity index is 656. The third-order valence-corrected chi connectivity index (χ3v) is 4.79. The monoisotopic (exact) mass is 353 g/mol. The zero-order valence-electron chi connectivity index (χ0n) is 12.6. The van der Waals surface area contributed by atoms with Crippen molar-refractivity contribution in [2.75, 3.05) is 29.2 Å². The van der Waals surface area contributed by atoms with Crippen molar-refractivity contribution in [3.63, 3.8) is 0 Å². The summed E-state index contributed by atoms with van der Waals surface area (Å²) < 4.78 is 5.17. The summed E-state index contributed by atoms with van der Waals surface area (Å²) in [6, 6.07) is 7.39. The first-order chi connectivity index (χ1) is 11.2. The van der Waals surface area contributed by atoms with Gasteiger partial charge in [0.2, 0.25) is 11.2 Å². The van der Waals surface area contributed by atoms with Crippen LogP contribution in [0.5, 0.6) is 0 Å². The first-order valence-corrected chi connectivity index (χ1v) is 8.89. The van der Waals surface area contributed by atoms with E-state index < -0.39 is 0 Å². The number of anilines is 1. The van der Waals surface area contributed by atoms with E-state index >= 15 is 0 Å². The van der Waals surface area contributed by atoms with Crippen LogP contribution in [0.1, 0.15) is 19.3 Å². The third kappa shape index (κ3) is 4.62. The fourth-order valence-electron chi connectivity index (χ4n) is 2.36. The second-order valence-corrected chi connectivity index (χ2v) is 6.78. The van der Waals surface area contributed by atoms with Crippen LogP contribution in [0.3, 0.4) is 0 Å². The quantitative estimate of drug-likeness (QED) is 0.661. The number of nitrogens with one attached hydrogen (secondary N) is 1. The predicted octanol–water partition coefficient (Wildman–Crippen LogP) is 2.47. The van der Waals surface area contributed by atoms with Crippen LogP contribution in [0.15, 0.2) is 39.9 Å². The molecular formula is C15H18ClN4O2S+. The van der Waals surface area contributed by atoms with Gasteiger partial charge in [0.25, 0.3) is 6.20 Å². The van der Waals surface area contributed by atoms with E-state index in [2.05, 4.69) is 15.6 Å². The van der Waals surface area contributed by atoms with Crippen LogP contribution in [-0.2, 0) is 4.79 Å². The first kappa shape index (κ1) is 16.1. The molecule has 0 aliphatic carbocycles. The lowest BCUT2D eigenvalue weighted by Crippen LogP contribution is -2.60. The Labute approximate surface area is 143 Å². The number of hydrogen-bond acceptors (Lipinski definition) is 5. The lowest BCUT2D eigenvalue weighted by molar-refractivity contribution is -0.759. The molecule has 0 atom stereocenters. The van der Waals surface area contributed by atoms with E-state index in [0.717, 1.165) is 30.8 Å². The van der Waals surface area contributed by atoms with Crippen LogP contribution in [0.4, 0.5) is 5.88 Å². The van der Waals surface area contributed by atoms with Gasteiger partial charge >= 0.3 is 5.88 Å². The average molecular weight is 354 g/mol. The second kappa shape index (κ2) is 7.70. The Morgan fingerprint density at radius 1 is 1.30 bits per heavy atom. The fourth-order valence-corrected chi connectivity index (χ4v) is 3.19. The number of amides is 1. The number of carbonyl (C=O) groups excluding carboxylic acids is 1. The van der Waals surface area contributed by atoms with Crippen molar-refractivity contribution < 1.29 is 14.1 Å². The molecule has 8 heteroatoms. The molecule has 0 spiro atoms. The Hall–Kier alpha value is -1.73. The van der Waals surface area contributed by atoms with E-state index in [4.69, 9.17) is 16.1 Å². The summed E-state index contributed by atoms with van der Waals surface area (Å²) in [5.41, 5.74) is 0. The van der Waals surface area contributed by atoms with Gasteiger partial charge in [-0.3, -0.25) is 14.6 Å². The van der Waals surface area contributed by atoms with Gasteiger partial charge in [-0.25, -0.2) is 0 Å². The molecule has 1 aromatic carbocycles. The highest BCUT2D eigenvalue weighted by Crippen LogP contribution is 2.20. The lowest BCUT2D eigenvalue weighted by Gasteiger charge is -2.17. The molecule has 0 unspecified atom stereocenters. The van der Waals surface area contributed by atoms with Crippen LogP contribution in [-0.4, -0.2) is 30.0 Å². The molecule has 1 aliphatic heterocycles. The minimum Gasteiger partial charge on any atom is -0.288 e. The predicted molar refractivity (Wildman–Crippen MR) is 89.3 cm³/mol. The van der Waals surface area contributed by atoms with Gasteiger partial charge in [0.15, 0.2) is 0 Å². The number of halogens is 1. The van der Waals surface area contributed by atoms with Crippen molar-refractivity contribution in [3.05, 3.63) is 35.5 Å². The molecule has 1 aliphatic rings. The highest BCUT2D eigenvalue weighted by Gasteiger charge is 2.23. The van der Waals surface area contributed by atoms with E-state index in [0.29, 0.717) is 16.7 Å². The smallest absolute Gasteiger partial charge is 0.288 e. The van der Waals surface area contributed by atoms with Gasteiger partial charge in [-0.15, -0.1) is 11.8 Å². The molecule has 0 saturated carbocycles. The molecule has 1 saturated heterocycles. The number of thioether (sulfide) groups is 1. The van der Waals surface area contributed by atoms with Crippen molar-refractivity contribution in [2.45, 2.75) is 24.2 Å². The van der Waals surface area contributed by atoms with Gasteiger partial charge in [0.1, 0.15) is 0 Å². The topological polar surface area (TPSA) is 62.3 Å². The Morgan fingerprint density at radius 2 is 2.04 bits per heavy atom. The molecule has 23 heavy (non-hydrogen) atoms. The minimum atomic E-state index is -0.133. The molecule has 122 valence electrons. The van der Waals surface area contributed by atoms with Crippen molar-refractivity contribution in [1.29, 1.82) is 0 Å². The summed E-state index contributed by atoms with van der Waals surface area (Å²) in [5.74, 6) is 0.524. The van der Waals surface area contributed by atoms with E-state index in [1.807, 2.05) is 12.1 Å². The van der Waals surface area contributed by atoms with Crippen LogP contribution in [0, 0.1) is 0 Å². The summed E-state index contributed by atoms with van der Waals surface area (Å²) in [6.45, 7) is 1.91. The van der Waals surface area contributed by atoms with Crippen molar-refractivity contribution >= 4 is 35.2 Å². The number of rotatable bonds is 5. The summed E-state index contributed by atoms with van der Waals surface area (Å²) in [7, 11) is 0. The van der Waals surface area contributed by atoms with Gasteiger partial charge in [-0.2, -0.15) is 5.01 Å². The van der Waals surface area contributed by atoms with Gasteiger partial charge in [0, 0.05) is 9.92 Å². The lowest BCUT2D eigenvalue weighted by atomic mass is 10.2. The van der Waals surface area contributed by atoms with Crippen LogP contribution in [0.25, 0.3) is 0 Å². The van der Waals surface area contributed by atoms with E-state index in [1.165, 1.54) is 18.2 Å². The zero-order valence-corrected chi connectivity index (χ0v) is 14.1. The van der Waals surface area contributed by atoms with Crippen LogP contribution in [0.2, 0.25) is 5.02 Å². The maximum atomic E-state index is 12.0. The molecule has 0 bridgehead atoms. The molecule has 2 aromatic rings. The average Bonchev–Trinajstić information content (AvgIpc) is 3.04. The SMILES string of the molecule is O=C(CSc1ccc(Cl)cc1)Nc1c[n+](N2CCCCC2)no1. The van der Waals surface area contributed by atoms with Gasteiger partial charge in [-0.1, -0.05) is 11.6 Å². The van der Waals surface area contributed by atoms with Crippen molar-refractivity contribution in [1.82, 2.24) is 5.27 Å². The van der Waals surface area contributed by atoms with Gasteiger partial charge in [0.05, 0.1) is 23.6 Å². The number of hydrogen-bond donors (Lipinski definition) is 1. The van der Waals surface area contributed by atoms with Gasteiger partial charge in [-0.05, 0) is 43.5 Å². The summed E-state index contributed by atoms with van der Waals surface area (Å²) in [4.78, 5) is 14.6. The molecule has 1 N–H and O–H groups in total. The van der Waals surface area contributed by atoms with Gasteiger partial charge < -0.3 is 0 Å². The van der Waals surface area contributed by atoms with Crippen LogP contribution >= 0.6 is 23.4 Å². The number of carbonyl (C=O) groups is 1. The Balaban J connectivity index is 1.49. The summed E-state index contributed by atoms with van der Waals surface area (Å²) >= 11 is 7.28. The van der Waals surface area contributed by atoms with Crippen molar-refractivity contribution in [3.8, 4) is 0 Å². The van der Waals surface area contributed by atoms with E-state index in [1.54, 1.807) is 23.1 Å². The molecule has 6 nitrogen and oxygen atoms in total. The maximum Gasteiger partial charge on any atom is 0.305 e. The number of nitrogens with zero attached hydrogens (tertiary/aromatic N) is 3. The first-order valence-electron chi connectivity index (χ1n) is 7.53. The van der Waals surface area contributed by atoms with E-state index in [9.17, 15) is 4.79 Å². The third-order valence-electron chi connectivity index (χ3n) is 3.52. The molecule has 3 rings (SSSR count). The highest BCUT2D eigenvalue weighted by atomic mass is 35.5. The highest BCUT2D eigenvalue weighted by molar-refractivity contribution is 8.00. The molecular weight excluding hydrogens is 336 g/mol. The number of piperidine rings is 1. The van der Waals surface area contributed by atoms with Crippen LogP contribution < -0.4 is 15.1 Å². The standard InChI is InChI=1S/C15H17ClN4O2S/c16-12-4-6-13(7-5-12)23-11-14(21)17-15-10-20(18-22-15)19-8-2-1-3-9-19/h4-7,10H,1-3,8-9,11H2/p+1. The molecule has 1 fully saturated rings. The Kier molecular flexibility index (Phi) is 5.40. The van der Waals surface area contributed by atoms with Crippen molar-refractivity contribution in [2.24, 2.45) is 0 Å². The normalized spacial score (nSPS) is 14.7. The maximum absolute atomic E-state index is 12.0. The Morgan fingerprint density at radius 3 is 2.78 bits per heavy atom. The zero-order chi connectivity index (χ0) is 16.1. The largest absolute Gasteiger partial charge is 0.305 e. The second-order valence-electron chi connectivity index (χ2n) is 5.29.